The van der Waals surface area contributed by atoms with Crippen molar-refractivity contribution in [2.24, 2.45) is 0 Å². The third-order valence-corrected chi connectivity index (χ3v) is 3.63. The van der Waals surface area contributed by atoms with E-state index in [1.807, 2.05) is 0 Å². The predicted molar refractivity (Wildman–Crippen MR) is 82.7 cm³/mol. The number of β-amino-alcohol motifs (C(OH)–C–C–N with tert-alkyl or cyclic N) is 1. The number of nitrogens with one attached hydrogen (secondary N) is 1. The van der Waals surface area contributed by atoms with E-state index in [1.165, 1.54) is 19.3 Å². The van der Waals surface area contributed by atoms with Gasteiger partial charge in [-0.25, -0.2) is 4.79 Å². The smallest absolute Gasteiger partial charge is 0.411 e. The van der Waals surface area contributed by atoms with Gasteiger partial charge in [-0.05, 0) is 44.1 Å². The fourth-order valence-electron chi connectivity index (χ4n) is 2.38. The van der Waals surface area contributed by atoms with E-state index in [0.29, 0.717) is 17.3 Å². The van der Waals surface area contributed by atoms with Gasteiger partial charge < -0.3 is 14.7 Å². The molecule has 0 bridgehead atoms. The quantitative estimate of drug-likeness (QED) is 0.877. The fourth-order valence-corrected chi connectivity index (χ4v) is 2.58. The zero-order chi connectivity index (χ0) is 15.1. The van der Waals surface area contributed by atoms with E-state index in [1.54, 1.807) is 24.3 Å². The average molecular weight is 313 g/mol. The number of carbonyl (C=O) groups excluding carboxylic acids is 1. The lowest BCUT2D eigenvalue weighted by atomic mass is 10.1. The minimum Gasteiger partial charge on any atom is -0.447 e. The van der Waals surface area contributed by atoms with Gasteiger partial charge in [0.25, 0.3) is 0 Å². The monoisotopic (exact) mass is 312 g/mol. The van der Waals surface area contributed by atoms with Crippen LogP contribution in [0.3, 0.4) is 0 Å². The second-order valence-corrected chi connectivity index (χ2v) is 5.69. The van der Waals surface area contributed by atoms with Crippen LogP contribution in [0.4, 0.5) is 10.5 Å². The summed E-state index contributed by atoms with van der Waals surface area (Å²) in [4.78, 5) is 13.8. The van der Waals surface area contributed by atoms with Crippen molar-refractivity contribution in [3.8, 4) is 0 Å². The first-order valence-corrected chi connectivity index (χ1v) is 7.61. The largest absolute Gasteiger partial charge is 0.447 e. The SMILES string of the molecule is O=C(Nc1cccc(Cl)c1)OCC(O)CN1CCCCC1. The number of aliphatic hydroxyl groups excluding tert-OH is 1. The van der Waals surface area contributed by atoms with Crippen molar-refractivity contribution in [3.63, 3.8) is 0 Å². The minimum absolute atomic E-state index is 0.0110. The minimum atomic E-state index is -0.659. The highest BCUT2D eigenvalue weighted by Gasteiger charge is 2.16. The maximum atomic E-state index is 11.6. The van der Waals surface area contributed by atoms with E-state index < -0.39 is 12.2 Å². The van der Waals surface area contributed by atoms with Gasteiger partial charge in [0, 0.05) is 17.3 Å². The van der Waals surface area contributed by atoms with Crippen LogP contribution < -0.4 is 5.32 Å². The van der Waals surface area contributed by atoms with Gasteiger partial charge in [0.1, 0.15) is 12.7 Å². The standard InChI is InChI=1S/C15H21ClN2O3/c16-12-5-4-6-13(9-12)17-15(20)21-11-14(19)10-18-7-2-1-3-8-18/h4-6,9,14,19H,1-3,7-8,10-11H2,(H,17,20). The third-order valence-electron chi connectivity index (χ3n) is 3.40. The molecule has 0 aliphatic carbocycles. The van der Waals surface area contributed by atoms with Gasteiger partial charge in [0.05, 0.1) is 0 Å². The Morgan fingerprint density at radius 1 is 1.38 bits per heavy atom. The van der Waals surface area contributed by atoms with Crippen LogP contribution >= 0.6 is 11.6 Å². The molecule has 116 valence electrons. The highest BCUT2D eigenvalue weighted by Crippen LogP contribution is 2.15. The Bertz CT molecular complexity index is 464. The zero-order valence-corrected chi connectivity index (χ0v) is 12.7. The molecule has 0 saturated carbocycles. The van der Waals surface area contributed by atoms with Crippen LogP contribution in [0.1, 0.15) is 19.3 Å². The van der Waals surface area contributed by atoms with Crippen molar-refractivity contribution in [1.82, 2.24) is 4.90 Å². The first-order chi connectivity index (χ1) is 10.1. The zero-order valence-electron chi connectivity index (χ0n) is 11.9. The van der Waals surface area contributed by atoms with Crippen LogP contribution in [0.15, 0.2) is 24.3 Å². The van der Waals surface area contributed by atoms with Crippen LogP contribution in [0, 0.1) is 0 Å². The summed E-state index contributed by atoms with van der Waals surface area (Å²) in [5.74, 6) is 0. The number of anilines is 1. The molecular formula is C15H21ClN2O3. The molecule has 21 heavy (non-hydrogen) atoms. The summed E-state index contributed by atoms with van der Waals surface area (Å²) in [5, 5.41) is 13.0. The molecule has 1 fully saturated rings. The molecule has 1 amide bonds. The van der Waals surface area contributed by atoms with Crippen LogP contribution in [0.25, 0.3) is 0 Å². The van der Waals surface area contributed by atoms with Gasteiger partial charge >= 0.3 is 6.09 Å². The summed E-state index contributed by atoms with van der Waals surface area (Å²) in [6.07, 6.45) is 2.35. The topological polar surface area (TPSA) is 61.8 Å². The Labute approximate surface area is 129 Å². The van der Waals surface area contributed by atoms with Crippen molar-refractivity contribution in [2.45, 2.75) is 25.4 Å². The molecule has 5 nitrogen and oxygen atoms in total. The number of amides is 1. The first-order valence-electron chi connectivity index (χ1n) is 7.23. The highest BCUT2D eigenvalue weighted by molar-refractivity contribution is 6.30. The lowest BCUT2D eigenvalue weighted by Crippen LogP contribution is -2.38. The molecule has 0 spiro atoms. The Hall–Kier alpha value is -1.30. The van der Waals surface area contributed by atoms with Gasteiger partial charge in [0.2, 0.25) is 0 Å². The summed E-state index contributed by atoms with van der Waals surface area (Å²) in [6, 6.07) is 6.81. The number of nitrogens with zero attached hydrogens (tertiary/aromatic N) is 1. The predicted octanol–water partition coefficient (Wildman–Crippen LogP) is 2.74. The normalized spacial score (nSPS) is 17.2. The summed E-state index contributed by atoms with van der Waals surface area (Å²) in [6.45, 7) is 2.55. The Morgan fingerprint density at radius 2 is 2.14 bits per heavy atom. The second-order valence-electron chi connectivity index (χ2n) is 5.25. The molecular weight excluding hydrogens is 292 g/mol. The number of carbonyl (C=O) groups is 1. The first kappa shape index (κ1) is 16.1. The van der Waals surface area contributed by atoms with E-state index >= 15 is 0 Å². The van der Waals surface area contributed by atoms with E-state index in [4.69, 9.17) is 16.3 Å². The lowest BCUT2D eigenvalue weighted by Gasteiger charge is -2.28. The van der Waals surface area contributed by atoms with E-state index in [2.05, 4.69) is 10.2 Å². The van der Waals surface area contributed by atoms with Crippen LogP contribution in [-0.2, 0) is 4.74 Å². The molecule has 1 unspecified atom stereocenters. The molecule has 0 aromatic heterocycles. The number of benzene rings is 1. The van der Waals surface area contributed by atoms with Crippen molar-refractivity contribution in [3.05, 3.63) is 29.3 Å². The highest BCUT2D eigenvalue weighted by atomic mass is 35.5. The van der Waals surface area contributed by atoms with Crippen LogP contribution in [0.2, 0.25) is 5.02 Å². The van der Waals surface area contributed by atoms with Crippen molar-refractivity contribution in [2.75, 3.05) is 31.6 Å². The van der Waals surface area contributed by atoms with Crippen LogP contribution in [-0.4, -0.2) is 48.4 Å². The second kappa shape index (κ2) is 8.22. The number of piperidine rings is 1. The molecule has 1 atom stereocenters. The Morgan fingerprint density at radius 3 is 2.86 bits per heavy atom. The molecule has 2 rings (SSSR count). The van der Waals surface area contributed by atoms with Gasteiger partial charge in [-0.1, -0.05) is 24.1 Å². The van der Waals surface area contributed by atoms with Crippen molar-refractivity contribution >= 4 is 23.4 Å². The number of hydrogen-bond acceptors (Lipinski definition) is 4. The van der Waals surface area contributed by atoms with E-state index in [-0.39, 0.29) is 6.61 Å². The number of ether oxygens (including phenoxy) is 1. The maximum absolute atomic E-state index is 11.6. The molecule has 1 aromatic carbocycles. The molecule has 2 N–H and O–H groups in total. The lowest BCUT2D eigenvalue weighted by molar-refractivity contribution is 0.0437. The van der Waals surface area contributed by atoms with Gasteiger partial charge in [-0.15, -0.1) is 0 Å². The average Bonchev–Trinajstić information content (AvgIpc) is 2.46. The van der Waals surface area contributed by atoms with Gasteiger partial charge in [-0.2, -0.15) is 0 Å². The summed E-state index contributed by atoms with van der Waals surface area (Å²) >= 11 is 5.83. The molecule has 1 aliphatic rings. The van der Waals surface area contributed by atoms with Crippen molar-refractivity contribution < 1.29 is 14.6 Å². The summed E-state index contributed by atoms with van der Waals surface area (Å²) < 4.78 is 5.02. The number of likely N-dealkylation sites (tertiary alicyclic amines) is 1. The van der Waals surface area contributed by atoms with Crippen LogP contribution in [0.5, 0.6) is 0 Å². The Balaban J connectivity index is 1.68. The summed E-state index contributed by atoms with van der Waals surface area (Å²) in [7, 11) is 0. The molecule has 1 heterocycles. The molecule has 1 saturated heterocycles. The Kier molecular flexibility index (Phi) is 6.29. The van der Waals surface area contributed by atoms with Gasteiger partial charge in [-0.3, -0.25) is 5.32 Å². The van der Waals surface area contributed by atoms with E-state index in [0.717, 1.165) is 13.1 Å². The van der Waals surface area contributed by atoms with Gasteiger partial charge in [0.15, 0.2) is 0 Å². The number of halogens is 1. The fraction of sp³-hybridized carbons (Fsp3) is 0.533. The molecule has 1 aliphatic heterocycles. The molecule has 1 aromatic rings. The maximum Gasteiger partial charge on any atom is 0.411 e. The van der Waals surface area contributed by atoms with E-state index in [9.17, 15) is 9.90 Å². The number of aliphatic hydroxyl groups is 1. The molecule has 0 radical (unpaired) electrons. The third kappa shape index (κ3) is 5.91. The van der Waals surface area contributed by atoms with Crippen molar-refractivity contribution in [1.29, 1.82) is 0 Å². The molecule has 6 heteroatoms. The summed E-state index contributed by atoms with van der Waals surface area (Å²) in [5.41, 5.74) is 0.568. The number of hydrogen-bond donors (Lipinski definition) is 2. The number of rotatable bonds is 5.